The van der Waals surface area contributed by atoms with E-state index in [-0.39, 0.29) is 10.8 Å². The van der Waals surface area contributed by atoms with Crippen LogP contribution in [0.2, 0.25) is 0 Å². The van der Waals surface area contributed by atoms with E-state index in [0.717, 1.165) is 0 Å². The number of aryl methyl sites for hydroxylation is 1. The van der Waals surface area contributed by atoms with Crippen molar-refractivity contribution in [2.24, 2.45) is 0 Å². The maximum atomic E-state index is 12.1. The fourth-order valence-corrected chi connectivity index (χ4v) is 2.86. The Kier molecular flexibility index (Phi) is 5.26. The third kappa shape index (κ3) is 4.50. The van der Waals surface area contributed by atoms with Crippen LogP contribution < -0.4 is 10.0 Å². The fraction of sp³-hybridized carbons (Fsp3) is 0.308. The van der Waals surface area contributed by atoms with Gasteiger partial charge in [0.25, 0.3) is 0 Å². The average molecular weight is 282 g/mol. The van der Waals surface area contributed by atoms with E-state index in [4.69, 9.17) is 0 Å². The van der Waals surface area contributed by atoms with Crippen LogP contribution in [0.5, 0.6) is 0 Å². The number of carbonyl (C=O) groups is 1. The Morgan fingerprint density at radius 3 is 2.68 bits per heavy atom. The van der Waals surface area contributed by atoms with Crippen LogP contribution >= 0.6 is 0 Å². The maximum Gasteiger partial charge on any atom is 0.240 e. The lowest BCUT2D eigenvalue weighted by molar-refractivity contribution is -0.114. The zero-order valence-electron chi connectivity index (χ0n) is 11.1. The van der Waals surface area contributed by atoms with E-state index in [9.17, 15) is 13.2 Å². The zero-order valence-corrected chi connectivity index (χ0v) is 11.9. The number of benzene rings is 1. The number of carbonyl (C=O) groups excluding carboxylic acids is 1. The predicted molar refractivity (Wildman–Crippen MR) is 75.5 cm³/mol. The second-order valence-corrected chi connectivity index (χ2v) is 5.87. The van der Waals surface area contributed by atoms with Crippen LogP contribution in [0.1, 0.15) is 18.9 Å². The van der Waals surface area contributed by atoms with Gasteiger partial charge in [-0.05, 0) is 31.0 Å². The Hall–Kier alpha value is -1.66. The Morgan fingerprint density at radius 1 is 1.42 bits per heavy atom. The molecule has 1 aromatic rings. The van der Waals surface area contributed by atoms with Gasteiger partial charge in [0.2, 0.25) is 15.9 Å². The molecule has 1 aromatic carbocycles. The highest BCUT2D eigenvalue weighted by molar-refractivity contribution is 7.89. The molecule has 2 N–H and O–H groups in total. The molecule has 1 rings (SSSR count). The van der Waals surface area contributed by atoms with Crippen LogP contribution in [-0.2, 0) is 14.8 Å². The molecule has 104 valence electrons. The van der Waals surface area contributed by atoms with Gasteiger partial charge < -0.3 is 5.32 Å². The smallest absolute Gasteiger partial charge is 0.240 e. The molecule has 19 heavy (non-hydrogen) atoms. The molecule has 0 aromatic heterocycles. The number of sulfonamides is 1. The molecule has 0 aliphatic heterocycles. The number of hydrogen-bond acceptors (Lipinski definition) is 3. The number of rotatable bonds is 6. The molecule has 0 unspecified atom stereocenters. The van der Waals surface area contributed by atoms with Gasteiger partial charge >= 0.3 is 0 Å². The quantitative estimate of drug-likeness (QED) is 0.617. The van der Waals surface area contributed by atoms with Gasteiger partial charge in [0.05, 0.1) is 4.90 Å². The first-order valence-corrected chi connectivity index (χ1v) is 7.34. The van der Waals surface area contributed by atoms with E-state index in [1.54, 1.807) is 25.1 Å². The standard InChI is InChI=1S/C13H18N2O3S/c1-4-5-8-14-19(17,18)13-9-12(15-11(3)16)7-6-10(13)2/h4,6-7,9,14H,1,5,8H2,2-3H3,(H,15,16). The van der Waals surface area contributed by atoms with Crippen molar-refractivity contribution in [2.75, 3.05) is 11.9 Å². The highest BCUT2D eigenvalue weighted by atomic mass is 32.2. The number of hydrogen-bond donors (Lipinski definition) is 2. The largest absolute Gasteiger partial charge is 0.326 e. The SMILES string of the molecule is C=CCCNS(=O)(=O)c1cc(NC(C)=O)ccc1C. The molecule has 0 fully saturated rings. The predicted octanol–water partition coefficient (Wildman–Crippen LogP) is 1.81. The average Bonchev–Trinajstić information content (AvgIpc) is 2.31. The summed E-state index contributed by atoms with van der Waals surface area (Å²) in [5, 5.41) is 2.56. The van der Waals surface area contributed by atoms with Crippen LogP contribution in [0.25, 0.3) is 0 Å². The zero-order chi connectivity index (χ0) is 14.5. The minimum atomic E-state index is -3.57. The molecule has 5 nitrogen and oxygen atoms in total. The minimum absolute atomic E-state index is 0.169. The summed E-state index contributed by atoms with van der Waals surface area (Å²) in [7, 11) is -3.57. The first-order chi connectivity index (χ1) is 8.86. The molecular weight excluding hydrogens is 264 g/mol. The lowest BCUT2D eigenvalue weighted by Crippen LogP contribution is -2.25. The number of amides is 1. The lowest BCUT2D eigenvalue weighted by Gasteiger charge is -2.11. The van der Waals surface area contributed by atoms with Gasteiger partial charge in [0, 0.05) is 19.2 Å². The molecule has 0 aliphatic carbocycles. The van der Waals surface area contributed by atoms with Crippen molar-refractivity contribution in [1.82, 2.24) is 4.72 Å². The summed E-state index contributed by atoms with van der Waals surface area (Å²) in [6.07, 6.45) is 2.20. The Balaban J connectivity index is 3.03. The van der Waals surface area contributed by atoms with E-state index >= 15 is 0 Å². The van der Waals surface area contributed by atoms with E-state index in [1.807, 2.05) is 0 Å². The molecule has 0 spiro atoms. The van der Waals surface area contributed by atoms with Crippen molar-refractivity contribution >= 4 is 21.6 Å². The Morgan fingerprint density at radius 2 is 2.11 bits per heavy atom. The normalized spacial score (nSPS) is 11.1. The van der Waals surface area contributed by atoms with Crippen molar-refractivity contribution in [1.29, 1.82) is 0 Å². The third-order valence-electron chi connectivity index (χ3n) is 2.44. The van der Waals surface area contributed by atoms with Gasteiger partial charge in [0.15, 0.2) is 0 Å². The van der Waals surface area contributed by atoms with Gasteiger partial charge in [0.1, 0.15) is 0 Å². The Bertz CT molecular complexity index is 580. The summed E-state index contributed by atoms with van der Waals surface area (Å²) in [5.41, 5.74) is 1.09. The molecule has 1 amide bonds. The van der Waals surface area contributed by atoms with Gasteiger partial charge in [-0.1, -0.05) is 12.1 Å². The van der Waals surface area contributed by atoms with E-state index < -0.39 is 10.0 Å². The van der Waals surface area contributed by atoms with Crippen molar-refractivity contribution in [3.8, 4) is 0 Å². The first kappa shape index (κ1) is 15.4. The van der Waals surface area contributed by atoms with Crippen LogP contribution in [0.4, 0.5) is 5.69 Å². The summed E-state index contributed by atoms with van der Waals surface area (Å²) in [6.45, 7) is 6.92. The first-order valence-electron chi connectivity index (χ1n) is 5.85. The van der Waals surface area contributed by atoms with Crippen molar-refractivity contribution in [2.45, 2.75) is 25.2 Å². The lowest BCUT2D eigenvalue weighted by atomic mass is 10.2. The summed E-state index contributed by atoms with van der Waals surface area (Å²) in [4.78, 5) is 11.2. The van der Waals surface area contributed by atoms with Gasteiger partial charge in [-0.2, -0.15) is 0 Å². The Labute approximate surface area is 113 Å². The van der Waals surface area contributed by atoms with E-state index in [2.05, 4.69) is 16.6 Å². The molecule has 0 heterocycles. The van der Waals surface area contributed by atoms with Crippen molar-refractivity contribution in [3.05, 3.63) is 36.4 Å². The van der Waals surface area contributed by atoms with Gasteiger partial charge in [-0.3, -0.25) is 4.79 Å². The molecule has 0 bridgehead atoms. The van der Waals surface area contributed by atoms with Crippen molar-refractivity contribution < 1.29 is 13.2 Å². The highest BCUT2D eigenvalue weighted by Crippen LogP contribution is 2.20. The third-order valence-corrected chi connectivity index (χ3v) is 4.04. The molecule has 0 saturated carbocycles. The summed E-state index contributed by atoms with van der Waals surface area (Å²) < 4.78 is 26.7. The summed E-state index contributed by atoms with van der Waals surface area (Å²) in [5.74, 6) is -0.244. The van der Waals surface area contributed by atoms with Crippen molar-refractivity contribution in [3.63, 3.8) is 0 Å². The second-order valence-electron chi connectivity index (χ2n) is 4.14. The maximum absolute atomic E-state index is 12.1. The van der Waals surface area contributed by atoms with Crippen LogP contribution in [0.15, 0.2) is 35.7 Å². The molecule has 0 radical (unpaired) electrons. The molecule has 6 heteroatoms. The van der Waals surface area contributed by atoms with Crippen LogP contribution in [-0.4, -0.2) is 20.9 Å². The fourth-order valence-electron chi connectivity index (χ4n) is 1.54. The molecular formula is C13H18N2O3S. The molecule has 0 atom stereocenters. The highest BCUT2D eigenvalue weighted by Gasteiger charge is 2.16. The van der Waals surface area contributed by atoms with E-state index in [0.29, 0.717) is 24.2 Å². The van der Waals surface area contributed by atoms with Crippen LogP contribution in [0, 0.1) is 6.92 Å². The second kappa shape index (κ2) is 6.49. The summed E-state index contributed by atoms with van der Waals surface area (Å²) >= 11 is 0. The molecule has 0 aliphatic rings. The number of anilines is 1. The topological polar surface area (TPSA) is 75.3 Å². The van der Waals surface area contributed by atoms with Gasteiger partial charge in [-0.15, -0.1) is 6.58 Å². The molecule has 0 saturated heterocycles. The van der Waals surface area contributed by atoms with E-state index in [1.165, 1.54) is 13.0 Å². The summed E-state index contributed by atoms with van der Waals surface area (Å²) in [6, 6.07) is 4.78. The van der Waals surface area contributed by atoms with Gasteiger partial charge in [-0.25, -0.2) is 13.1 Å². The minimum Gasteiger partial charge on any atom is -0.326 e. The van der Waals surface area contributed by atoms with Crippen LogP contribution in [0.3, 0.4) is 0 Å². The number of nitrogens with one attached hydrogen (secondary N) is 2. The monoisotopic (exact) mass is 282 g/mol.